The number of carbonyl (C=O) groups excluding carboxylic acids is 1. The molecule has 2 spiro atoms. The lowest BCUT2D eigenvalue weighted by Gasteiger charge is -2.71. The SMILES string of the molecule is CC12CCC(O)CC13C=CC1(C(C(=O)c4ccco4)=C3)C2CCC2(C)C1CCC2(O)CN(Cc1ccc(OC(F)(F)F)cc1)S(C)(=O)=O. The van der Waals surface area contributed by atoms with Crippen LogP contribution in [0.1, 0.15) is 74.9 Å². The van der Waals surface area contributed by atoms with Gasteiger partial charge >= 0.3 is 6.36 Å². The van der Waals surface area contributed by atoms with Crippen molar-refractivity contribution in [2.24, 2.45) is 33.5 Å². The standard InChI is InChI=1S/C36H42F3NO7S/c1-31-13-10-24(41)19-33(31)16-17-35(26(20-33)30(42)27-5-4-18-46-27)28(31)11-14-32(2)29(35)12-15-34(32,43)22-40(48(3,44)45)21-23-6-8-25(9-7-23)47-36(37,38)39/h4-9,16-18,20,24,28-29,41,43H,10-15,19,21-22H2,1-3H3. The lowest BCUT2D eigenvalue weighted by atomic mass is 9.32. The number of benzene rings is 1. The molecule has 260 valence electrons. The van der Waals surface area contributed by atoms with Crippen molar-refractivity contribution >= 4 is 15.8 Å². The minimum absolute atomic E-state index is 0.0604. The maximum atomic E-state index is 14.3. The molecule has 2 N–H and O–H groups in total. The highest BCUT2D eigenvalue weighted by Gasteiger charge is 2.74. The summed E-state index contributed by atoms with van der Waals surface area (Å²) in [6.45, 7) is 3.95. The number of halogens is 3. The molecule has 3 fully saturated rings. The number of hydrogen-bond acceptors (Lipinski definition) is 7. The Morgan fingerprint density at radius 3 is 2.33 bits per heavy atom. The van der Waals surface area contributed by atoms with E-state index >= 15 is 0 Å². The number of rotatable bonds is 8. The number of furan rings is 1. The molecule has 12 heteroatoms. The molecule has 8 rings (SSSR count). The van der Waals surface area contributed by atoms with Crippen molar-refractivity contribution in [2.45, 2.75) is 83.4 Å². The van der Waals surface area contributed by atoms with Crippen LogP contribution in [0, 0.1) is 33.5 Å². The maximum Gasteiger partial charge on any atom is 0.573 e. The predicted molar refractivity (Wildman–Crippen MR) is 170 cm³/mol. The van der Waals surface area contributed by atoms with Gasteiger partial charge in [-0.25, -0.2) is 8.42 Å². The third kappa shape index (κ3) is 4.87. The van der Waals surface area contributed by atoms with Gasteiger partial charge in [-0.3, -0.25) is 4.79 Å². The average Bonchev–Trinajstić information content (AvgIpc) is 3.63. The third-order valence-corrected chi connectivity index (χ3v) is 14.3. The van der Waals surface area contributed by atoms with Gasteiger partial charge < -0.3 is 19.4 Å². The number of aliphatic hydroxyl groups excluding tert-OH is 1. The van der Waals surface area contributed by atoms with Crippen LogP contribution in [-0.2, 0) is 16.6 Å². The molecule has 8 atom stereocenters. The number of alkyl halides is 3. The smallest absolute Gasteiger partial charge is 0.461 e. The quantitative estimate of drug-likeness (QED) is 0.243. The van der Waals surface area contributed by atoms with E-state index in [0.29, 0.717) is 49.7 Å². The molecule has 6 aliphatic carbocycles. The molecule has 6 aliphatic rings. The second-order valence-electron chi connectivity index (χ2n) is 15.3. The summed E-state index contributed by atoms with van der Waals surface area (Å²) in [6.07, 6.45) is 7.87. The van der Waals surface area contributed by atoms with E-state index in [4.69, 9.17) is 4.42 Å². The Kier molecular flexibility index (Phi) is 7.54. The molecule has 48 heavy (non-hydrogen) atoms. The van der Waals surface area contributed by atoms with E-state index in [0.717, 1.165) is 24.8 Å². The molecule has 1 aromatic carbocycles. The first-order chi connectivity index (χ1) is 22.4. The number of allylic oxidation sites excluding steroid dienone is 4. The zero-order valence-electron chi connectivity index (χ0n) is 27.3. The summed E-state index contributed by atoms with van der Waals surface area (Å²) >= 11 is 0. The van der Waals surface area contributed by atoms with Crippen molar-refractivity contribution in [3.8, 4) is 5.75 Å². The lowest BCUT2D eigenvalue weighted by Crippen LogP contribution is -2.67. The third-order valence-electron chi connectivity index (χ3n) is 13.1. The van der Waals surface area contributed by atoms with Crippen LogP contribution in [0.2, 0.25) is 0 Å². The topological polar surface area (TPSA) is 117 Å². The number of Topliss-reactive ketones (excluding diaryl/α,β-unsaturated/α-hetero) is 1. The Balaban J connectivity index is 1.25. The highest BCUT2D eigenvalue weighted by Crippen LogP contribution is 2.78. The van der Waals surface area contributed by atoms with Gasteiger partial charge in [-0.05, 0) is 92.0 Å². The van der Waals surface area contributed by atoms with Crippen LogP contribution in [0.3, 0.4) is 0 Å². The minimum atomic E-state index is -4.85. The van der Waals surface area contributed by atoms with E-state index in [1.807, 2.05) is 6.92 Å². The first-order valence-corrected chi connectivity index (χ1v) is 18.4. The largest absolute Gasteiger partial charge is 0.573 e. The zero-order chi connectivity index (χ0) is 34.5. The molecule has 0 saturated heterocycles. The van der Waals surface area contributed by atoms with Gasteiger partial charge in [0.25, 0.3) is 0 Å². The Morgan fingerprint density at radius 2 is 1.69 bits per heavy atom. The predicted octanol–water partition coefficient (Wildman–Crippen LogP) is 6.41. The lowest BCUT2D eigenvalue weighted by molar-refractivity contribution is -0.274. The summed E-state index contributed by atoms with van der Waals surface area (Å²) in [5, 5.41) is 23.5. The summed E-state index contributed by atoms with van der Waals surface area (Å²) in [5.41, 5.74) is -2.61. The fourth-order valence-corrected chi connectivity index (χ4v) is 11.6. The van der Waals surface area contributed by atoms with Crippen molar-refractivity contribution < 1.29 is 45.8 Å². The van der Waals surface area contributed by atoms with Crippen LogP contribution in [0.15, 0.2) is 70.9 Å². The fourth-order valence-electron chi connectivity index (χ4n) is 10.7. The molecule has 0 radical (unpaired) electrons. The molecule has 0 aliphatic heterocycles. The van der Waals surface area contributed by atoms with E-state index in [1.54, 1.807) is 12.1 Å². The highest BCUT2D eigenvalue weighted by atomic mass is 32.2. The van der Waals surface area contributed by atoms with Gasteiger partial charge in [-0.15, -0.1) is 13.2 Å². The van der Waals surface area contributed by atoms with Gasteiger partial charge in [-0.2, -0.15) is 4.31 Å². The first kappa shape index (κ1) is 33.6. The van der Waals surface area contributed by atoms with E-state index < -0.39 is 50.1 Å². The minimum Gasteiger partial charge on any atom is -0.461 e. The maximum absolute atomic E-state index is 14.3. The van der Waals surface area contributed by atoms with Crippen LogP contribution in [-0.4, -0.2) is 59.6 Å². The number of aliphatic hydroxyl groups is 2. The number of carbonyl (C=O) groups is 1. The molecule has 3 saturated carbocycles. The van der Waals surface area contributed by atoms with Crippen LogP contribution in [0.4, 0.5) is 13.2 Å². The van der Waals surface area contributed by atoms with Crippen LogP contribution >= 0.6 is 0 Å². The second kappa shape index (κ2) is 10.8. The van der Waals surface area contributed by atoms with Gasteiger partial charge in [0.2, 0.25) is 15.8 Å². The van der Waals surface area contributed by atoms with Gasteiger partial charge in [0.05, 0.1) is 24.2 Å². The molecule has 2 aromatic rings. The normalized spacial score (nSPS) is 38.7. The van der Waals surface area contributed by atoms with Crippen molar-refractivity contribution in [2.75, 3.05) is 12.8 Å². The van der Waals surface area contributed by atoms with Gasteiger partial charge in [0.15, 0.2) is 5.76 Å². The number of sulfonamides is 1. The summed E-state index contributed by atoms with van der Waals surface area (Å²) in [6, 6.07) is 8.38. The summed E-state index contributed by atoms with van der Waals surface area (Å²) < 4.78 is 75.2. The van der Waals surface area contributed by atoms with E-state index in [1.165, 1.54) is 22.7 Å². The number of nitrogens with zero attached hydrogens (tertiary/aromatic N) is 1. The Bertz CT molecular complexity index is 1770. The molecular formula is C36H42F3NO7S. The van der Waals surface area contributed by atoms with E-state index in [9.17, 15) is 36.6 Å². The summed E-state index contributed by atoms with van der Waals surface area (Å²) in [4.78, 5) is 14.3. The van der Waals surface area contributed by atoms with Crippen molar-refractivity contribution in [3.05, 3.63) is 77.8 Å². The molecule has 8 nitrogen and oxygen atoms in total. The van der Waals surface area contributed by atoms with E-state index in [2.05, 4.69) is 29.9 Å². The average molecular weight is 690 g/mol. The van der Waals surface area contributed by atoms with Gasteiger partial charge in [-0.1, -0.05) is 44.2 Å². The monoisotopic (exact) mass is 689 g/mol. The van der Waals surface area contributed by atoms with Gasteiger partial charge in [0.1, 0.15) is 5.75 Å². The number of ketones is 1. The first-order valence-electron chi connectivity index (χ1n) is 16.6. The van der Waals surface area contributed by atoms with Crippen LogP contribution in [0.25, 0.3) is 0 Å². The number of hydrogen-bond donors (Lipinski definition) is 2. The van der Waals surface area contributed by atoms with Gasteiger partial charge in [0, 0.05) is 34.9 Å². The van der Waals surface area contributed by atoms with Crippen molar-refractivity contribution in [1.29, 1.82) is 0 Å². The Morgan fingerprint density at radius 1 is 1.02 bits per heavy atom. The molecule has 1 heterocycles. The molecule has 8 unspecified atom stereocenters. The highest BCUT2D eigenvalue weighted by molar-refractivity contribution is 7.88. The second-order valence-corrected chi connectivity index (χ2v) is 17.3. The van der Waals surface area contributed by atoms with Crippen LogP contribution < -0.4 is 4.74 Å². The Labute approximate surface area is 278 Å². The molecule has 0 amide bonds. The van der Waals surface area contributed by atoms with Crippen molar-refractivity contribution in [3.63, 3.8) is 0 Å². The van der Waals surface area contributed by atoms with E-state index in [-0.39, 0.29) is 41.9 Å². The number of ether oxygens (including phenoxy) is 1. The molecular weight excluding hydrogens is 647 g/mol. The molecule has 2 bridgehead atoms. The van der Waals surface area contributed by atoms with Crippen LogP contribution in [0.5, 0.6) is 5.75 Å². The summed E-state index contributed by atoms with van der Waals surface area (Å²) in [5.74, 6) is -0.516. The summed E-state index contributed by atoms with van der Waals surface area (Å²) in [7, 11) is -3.87. The Hall–Kier alpha value is -2.93. The zero-order valence-corrected chi connectivity index (χ0v) is 28.1. The van der Waals surface area contributed by atoms with Crippen molar-refractivity contribution in [1.82, 2.24) is 4.31 Å². The number of fused-ring (bicyclic) bond motifs is 1. The molecule has 1 aromatic heterocycles. The fraction of sp³-hybridized carbons (Fsp3) is 0.583.